The monoisotopic (exact) mass is 306 g/mol. The fourth-order valence-corrected chi connectivity index (χ4v) is 3.27. The van der Waals surface area contributed by atoms with Crippen LogP contribution in [0.15, 0.2) is 11.4 Å². The van der Waals surface area contributed by atoms with E-state index in [1.807, 2.05) is 0 Å². The van der Waals surface area contributed by atoms with Crippen LogP contribution in [0.1, 0.15) is 32.6 Å². The largest absolute Gasteiger partial charge is 0.396 e. The standard InChI is InChI=1S/C15H22N4OS/c1-2-7-16-14-18-12(11-3-9-21-13(11)19-14)17-10-15(4-5-15)6-8-20/h3,9,20H,2,4-8,10H2,1H3,(H2,16,17,18,19). The van der Waals surface area contributed by atoms with Crippen LogP contribution in [0.2, 0.25) is 0 Å². The summed E-state index contributed by atoms with van der Waals surface area (Å²) in [5.74, 6) is 1.60. The van der Waals surface area contributed by atoms with Crippen LogP contribution in [0.4, 0.5) is 11.8 Å². The van der Waals surface area contributed by atoms with Gasteiger partial charge < -0.3 is 15.7 Å². The predicted molar refractivity (Wildman–Crippen MR) is 88.1 cm³/mol. The molecule has 5 nitrogen and oxygen atoms in total. The highest BCUT2D eigenvalue weighted by molar-refractivity contribution is 7.16. The summed E-state index contributed by atoms with van der Waals surface area (Å²) >= 11 is 1.64. The van der Waals surface area contributed by atoms with Crippen molar-refractivity contribution < 1.29 is 5.11 Å². The van der Waals surface area contributed by atoms with Crippen molar-refractivity contribution in [2.75, 3.05) is 30.3 Å². The molecule has 2 aromatic rings. The van der Waals surface area contributed by atoms with E-state index in [4.69, 9.17) is 5.11 Å². The van der Waals surface area contributed by atoms with Gasteiger partial charge in [0.05, 0.1) is 5.39 Å². The van der Waals surface area contributed by atoms with E-state index >= 15 is 0 Å². The van der Waals surface area contributed by atoms with Gasteiger partial charge in [-0.25, -0.2) is 4.98 Å². The molecule has 0 atom stereocenters. The summed E-state index contributed by atoms with van der Waals surface area (Å²) in [5.41, 5.74) is 0.277. The number of aliphatic hydroxyl groups is 1. The van der Waals surface area contributed by atoms with Crippen molar-refractivity contribution in [3.63, 3.8) is 0 Å². The van der Waals surface area contributed by atoms with Gasteiger partial charge in [-0.3, -0.25) is 0 Å². The lowest BCUT2D eigenvalue weighted by Gasteiger charge is -2.16. The molecule has 0 bridgehead atoms. The topological polar surface area (TPSA) is 70.1 Å². The zero-order valence-electron chi connectivity index (χ0n) is 12.4. The zero-order chi connectivity index (χ0) is 14.7. The van der Waals surface area contributed by atoms with Crippen molar-refractivity contribution in [1.29, 1.82) is 0 Å². The molecule has 1 aliphatic carbocycles. The third-order valence-corrected chi connectivity index (χ3v) is 4.89. The molecule has 1 saturated carbocycles. The molecule has 0 spiro atoms. The third kappa shape index (κ3) is 3.27. The maximum atomic E-state index is 9.16. The van der Waals surface area contributed by atoms with Crippen LogP contribution in [-0.4, -0.2) is 34.8 Å². The average molecular weight is 306 g/mol. The Morgan fingerprint density at radius 3 is 2.90 bits per heavy atom. The van der Waals surface area contributed by atoms with E-state index in [1.165, 1.54) is 12.8 Å². The fraction of sp³-hybridized carbons (Fsp3) is 0.600. The zero-order valence-corrected chi connectivity index (χ0v) is 13.2. The van der Waals surface area contributed by atoms with Crippen LogP contribution in [0.25, 0.3) is 10.2 Å². The Bertz CT molecular complexity index is 609. The quantitative estimate of drug-likeness (QED) is 0.699. The van der Waals surface area contributed by atoms with Gasteiger partial charge in [0, 0.05) is 19.7 Å². The summed E-state index contributed by atoms with van der Waals surface area (Å²) in [4.78, 5) is 10.2. The van der Waals surface area contributed by atoms with Crippen LogP contribution in [0, 0.1) is 5.41 Å². The smallest absolute Gasteiger partial charge is 0.226 e. The lowest BCUT2D eigenvalue weighted by atomic mass is 10.0. The first-order valence-corrected chi connectivity index (χ1v) is 8.48. The molecule has 3 N–H and O–H groups in total. The first-order chi connectivity index (χ1) is 10.3. The minimum Gasteiger partial charge on any atom is -0.396 e. The molecule has 0 amide bonds. The molecule has 0 aliphatic heterocycles. The molecule has 21 heavy (non-hydrogen) atoms. The number of nitrogens with zero attached hydrogens (tertiary/aromatic N) is 2. The summed E-state index contributed by atoms with van der Waals surface area (Å²) in [6, 6.07) is 2.07. The normalized spacial score (nSPS) is 16.1. The van der Waals surface area contributed by atoms with Crippen molar-refractivity contribution in [2.45, 2.75) is 32.6 Å². The number of fused-ring (bicyclic) bond motifs is 1. The molecule has 2 aromatic heterocycles. The van der Waals surface area contributed by atoms with Crippen molar-refractivity contribution in [2.24, 2.45) is 5.41 Å². The molecule has 6 heteroatoms. The van der Waals surface area contributed by atoms with Gasteiger partial charge in [-0.1, -0.05) is 6.92 Å². The maximum Gasteiger partial charge on any atom is 0.226 e. The van der Waals surface area contributed by atoms with E-state index in [0.29, 0.717) is 5.95 Å². The second-order valence-corrected chi connectivity index (χ2v) is 6.68. The van der Waals surface area contributed by atoms with Crippen LogP contribution < -0.4 is 10.6 Å². The van der Waals surface area contributed by atoms with Crippen LogP contribution in [0.3, 0.4) is 0 Å². The highest BCUT2D eigenvalue weighted by atomic mass is 32.1. The van der Waals surface area contributed by atoms with Gasteiger partial charge in [0.15, 0.2) is 0 Å². The van der Waals surface area contributed by atoms with Crippen LogP contribution in [-0.2, 0) is 0 Å². The highest BCUT2D eigenvalue weighted by Gasteiger charge is 2.41. The van der Waals surface area contributed by atoms with Gasteiger partial charge in [-0.2, -0.15) is 4.98 Å². The van der Waals surface area contributed by atoms with E-state index < -0.39 is 0 Å². The number of thiophene rings is 1. The molecule has 0 saturated heterocycles. The van der Waals surface area contributed by atoms with E-state index in [1.54, 1.807) is 11.3 Å². The number of nitrogens with one attached hydrogen (secondary N) is 2. The second-order valence-electron chi connectivity index (χ2n) is 5.79. The Labute approximate surface area is 128 Å². The summed E-state index contributed by atoms with van der Waals surface area (Å²) < 4.78 is 0. The van der Waals surface area contributed by atoms with E-state index in [0.717, 1.165) is 42.0 Å². The molecule has 0 aromatic carbocycles. The van der Waals surface area contributed by atoms with Gasteiger partial charge in [0.2, 0.25) is 5.95 Å². The number of hydrogen-bond donors (Lipinski definition) is 3. The number of aliphatic hydroxyl groups excluding tert-OH is 1. The van der Waals surface area contributed by atoms with Crippen molar-refractivity contribution >= 4 is 33.3 Å². The lowest BCUT2D eigenvalue weighted by molar-refractivity contribution is 0.253. The molecular formula is C15H22N4OS. The minimum absolute atomic E-state index is 0.266. The Kier molecular flexibility index (Phi) is 4.26. The highest BCUT2D eigenvalue weighted by Crippen LogP contribution is 2.48. The molecule has 114 valence electrons. The number of aromatic nitrogens is 2. The summed E-state index contributed by atoms with van der Waals surface area (Å²) in [7, 11) is 0. The number of hydrogen-bond acceptors (Lipinski definition) is 6. The van der Waals surface area contributed by atoms with Gasteiger partial charge in [-0.05, 0) is 42.5 Å². The van der Waals surface area contributed by atoms with Crippen LogP contribution in [0.5, 0.6) is 0 Å². The molecule has 0 unspecified atom stereocenters. The second kappa shape index (κ2) is 6.15. The van der Waals surface area contributed by atoms with Crippen LogP contribution >= 0.6 is 11.3 Å². The minimum atomic E-state index is 0.266. The third-order valence-electron chi connectivity index (χ3n) is 4.09. The summed E-state index contributed by atoms with van der Waals surface area (Å²) in [6.07, 6.45) is 4.31. The van der Waals surface area contributed by atoms with Gasteiger partial charge >= 0.3 is 0 Å². The fourth-order valence-electron chi connectivity index (χ4n) is 2.51. The summed E-state index contributed by atoms with van der Waals surface area (Å²) in [5, 5.41) is 19.0. The first-order valence-electron chi connectivity index (χ1n) is 7.60. The molecule has 1 aliphatic rings. The van der Waals surface area contributed by atoms with Crippen molar-refractivity contribution in [1.82, 2.24) is 9.97 Å². The molecule has 2 heterocycles. The van der Waals surface area contributed by atoms with E-state index in [9.17, 15) is 0 Å². The SMILES string of the molecule is CCCNc1nc(NCC2(CCO)CC2)c2ccsc2n1. The predicted octanol–water partition coefficient (Wildman–Crippen LogP) is 3.09. The number of rotatable bonds is 8. The Morgan fingerprint density at radius 2 is 2.19 bits per heavy atom. The number of anilines is 2. The lowest BCUT2D eigenvalue weighted by Crippen LogP contribution is -2.18. The van der Waals surface area contributed by atoms with Gasteiger partial charge in [0.25, 0.3) is 0 Å². The Hall–Kier alpha value is -1.40. The van der Waals surface area contributed by atoms with E-state index in [-0.39, 0.29) is 12.0 Å². The van der Waals surface area contributed by atoms with E-state index in [2.05, 4.69) is 39.0 Å². The average Bonchev–Trinajstić information content (AvgIpc) is 3.09. The van der Waals surface area contributed by atoms with Crippen molar-refractivity contribution in [3.8, 4) is 0 Å². The molecular weight excluding hydrogens is 284 g/mol. The van der Waals surface area contributed by atoms with Crippen molar-refractivity contribution in [3.05, 3.63) is 11.4 Å². The molecule has 1 fully saturated rings. The summed E-state index contributed by atoms with van der Waals surface area (Å²) in [6.45, 7) is 4.15. The Morgan fingerprint density at radius 1 is 1.33 bits per heavy atom. The molecule has 3 rings (SSSR count). The van der Waals surface area contributed by atoms with Gasteiger partial charge in [-0.15, -0.1) is 11.3 Å². The first kappa shape index (κ1) is 14.5. The Balaban J connectivity index is 1.77. The maximum absolute atomic E-state index is 9.16. The van der Waals surface area contributed by atoms with Gasteiger partial charge in [0.1, 0.15) is 10.6 Å². The molecule has 0 radical (unpaired) electrons.